The van der Waals surface area contributed by atoms with Crippen LogP contribution < -0.4 is 10.5 Å². The maximum Gasteiger partial charge on any atom is 0.235 e. The van der Waals surface area contributed by atoms with Crippen molar-refractivity contribution in [1.82, 2.24) is 0 Å². The Hall–Kier alpha value is -1.55. The molecule has 1 saturated heterocycles. The molecule has 114 valence electrons. The first-order valence-corrected chi connectivity index (χ1v) is 8.46. The largest absolute Gasteiger partial charge is 0.381 e. The smallest absolute Gasteiger partial charge is 0.235 e. The van der Waals surface area contributed by atoms with Gasteiger partial charge in [-0.3, -0.25) is 4.72 Å². The Labute approximate surface area is 125 Å². The summed E-state index contributed by atoms with van der Waals surface area (Å²) < 4.78 is 32.8. The highest BCUT2D eigenvalue weighted by Crippen LogP contribution is 2.22. The summed E-state index contributed by atoms with van der Waals surface area (Å²) in [6, 6.07) is 5.49. The second kappa shape index (κ2) is 6.94. The zero-order chi connectivity index (χ0) is 15.3. The van der Waals surface area contributed by atoms with E-state index in [0.29, 0.717) is 37.3 Å². The Morgan fingerprint density at radius 2 is 2.10 bits per heavy atom. The van der Waals surface area contributed by atoms with Gasteiger partial charge in [0.2, 0.25) is 10.0 Å². The summed E-state index contributed by atoms with van der Waals surface area (Å²) in [5, 5.41) is -0.415. The third-order valence-corrected chi connectivity index (χ3v) is 5.21. The molecule has 0 radical (unpaired) electrons. The maximum atomic E-state index is 12.5. The molecule has 5 nitrogen and oxygen atoms in total. The number of aryl methyl sites for hydroxylation is 1. The highest BCUT2D eigenvalue weighted by Gasteiger charge is 2.28. The molecule has 1 aliphatic rings. The summed E-state index contributed by atoms with van der Waals surface area (Å²) in [4.78, 5) is 0. The Balaban J connectivity index is 2.27. The molecule has 0 bridgehead atoms. The van der Waals surface area contributed by atoms with Crippen LogP contribution >= 0.6 is 0 Å². The number of hydrogen-bond acceptors (Lipinski definition) is 4. The molecule has 1 aliphatic heterocycles. The zero-order valence-electron chi connectivity index (χ0n) is 12.1. The summed E-state index contributed by atoms with van der Waals surface area (Å²) in [5.74, 6) is 5.65. The molecule has 1 heterocycles. The van der Waals surface area contributed by atoms with Crippen LogP contribution in [0.2, 0.25) is 0 Å². The monoisotopic (exact) mass is 308 g/mol. The molecule has 0 aromatic heterocycles. The average molecular weight is 308 g/mol. The first-order chi connectivity index (χ1) is 10.0. The molecule has 3 N–H and O–H groups in total. The number of sulfonamides is 1. The summed E-state index contributed by atoms with van der Waals surface area (Å²) in [6.45, 7) is 3.12. The minimum absolute atomic E-state index is 0.236. The van der Waals surface area contributed by atoms with Crippen molar-refractivity contribution in [2.45, 2.75) is 25.0 Å². The van der Waals surface area contributed by atoms with E-state index in [1.807, 2.05) is 13.0 Å². The normalized spacial score (nSPS) is 16.1. The summed E-state index contributed by atoms with van der Waals surface area (Å²) in [6.07, 6.45) is 1.04. The van der Waals surface area contributed by atoms with Gasteiger partial charge in [-0.25, -0.2) is 8.42 Å². The summed E-state index contributed by atoms with van der Waals surface area (Å²) in [5.41, 5.74) is 7.50. The van der Waals surface area contributed by atoms with Crippen molar-refractivity contribution in [3.05, 3.63) is 29.3 Å². The Bertz CT molecular complexity index is 653. The van der Waals surface area contributed by atoms with E-state index in [2.05, 4.69) is 16.6 Å². The first kappa shape index (κ1) is 15.8. The van der Waals surface area contributed by atoms with E-state index in [1.165, 1.54) is 0 Å². The van der Waals surface area contributed by atoms with E-state index in [0.717, 1.165) is 5.56 Å². The molecular weight excluding hydrogens is 288 g/mol. The Morgan fingerprint density at radius 3 is 2.76 bits per heavy atom. The van der Waals surface area contributed by atoms with Gasteiger partial charge in [0.25, 0.3) is 0 Å². The third kappa shape index (κ3) is 4.21. The SMILES string of the molecule is Cc1ccc(C#CCN)c(NS(=O)(=O)C2CCOCC2)c1. The van der Waals surface area contributed by atoms with E-state index >= 15 is 0 Å². The van der Waals surface area contributed by atoms with Crippen LogP contribution in [0.15, 0.2) is 18.2 Å². The van der Waals surface area contributed by atoms with Crippen LogP contribution in [0.25, 0.3) is 0 Å². The average Bonchev–Trinajstić information content (AvgIpc) is 2.47. The van der Waals surface area contributed by atoms with Gasteiger partial charge in [-0.2, -0.15) is 0 Å². The van der Waals surface area contributed by atoms with Gasteiger partial charge < -0.3 is 10.5 Å². The van der Waals surface area contributed by atoms with E-state index in [4.69, 9.17) is 10.5 Å². The molecule has 0 aliphatic carbocycles. The maximum absolute atomic E-state index is 12.5. The van der Waals surface area contributed by atoms with Crippen molar-refractivity contribution < 1.29 is 13.2 Å². The van der Waals surface area contributed by atoms with E-state index in [9.17, 15) is 8.42 Å². The fraction of sp³-hybridized carbons (Fsp3) is 0.467. The van der Waals surface area contributed by atoms with Crippen LogP contribution in [0.4, 0.5) is 5.69 Å². The number of ether oxygens (including phenoxy) is 1. The molecule has 1 aromatic carbocycles. The lowest BCUT2D eigenvalue weighted by molar-refractivity contribution is 0.0984. The molecule has 21 heavy (non-hydrogen) atoms. The van der Waals surface area contributed by atoms with Crippen LogP contribution in [-0.2, 0) is 14.8 Å². The first-order valence-electron chi connectivity index (χ1n) is 6.92. The van der Waals surface area contributed by atoms with Crippen molar-refractivity contribution in [1.29, 1.82) is 0 Å². The van der Waals surface area contributed by atoms with Crippen molar-refractivity contribution in [2.24, 2.45) is 5.73 Å². The molecule has 0 atom stereocenters. The molecular formula is C15H20N2O3S. The number of rotatable bonds is 3. The molecule has 0 saturated carbocycles. The zero-order valence-corrected chi connectivity index (χ0v) is 12.9. The number of anilines is 1. The lowest BCUT2D eigenvalue weighted by Gasteiger charge is -2.23. The van der Waals surface area contributed by atoms with Crippen molar-refractivity contribution in [3.63, 3.8) is 0 Å². The van der Waals surface area contributed by atoms with Crippen molar-refractivity contribution >= 4 is 15.7 Å². The highest BCUT2D eigenvalue weighted by atomic mass is 32.2. The van der Waals surface area contributed by atoms with E-state index in [-0.39, 0.29) is 6.54 Å². The van der Waals surface area contributed by atoms with Gasteiger partial charge >= 0.3 is 0 Å². The van der Waals surface area contributed by atoms with Crippen LogP contribution in [0.5, 0.6) is 0 Å². The lowest BCUT2D eigenvalue weighted by atomic mass is 10.1. The van der Waals surface area contributed by atoms with Crippen LogP contribution in [0.1, 0.15) is 24.0 Å². The molecule has 6 heteroatoms. The highest BCUT2D eigenvalue weighted by molar-refractivity contribution is 7.93. The van der Waals surface area contributed by atoms with Crippen molar-refractivity contribution in [2.75, 3.05) is 24.5 Å². The van der Waals surface area contributed by atoms with Gasteiger partial charge in [-0.1, -0.05) is 17.9 Å². The number of hydrogen-bond donors (Lipinski definition) is 2. The topological polar surface area (TPSA) is 81.4 Å². The second-order valence-corrected chi connectivity index (χ2v) is 6.97. The number of nitrogens with one attached hydrogen (secondary N) is 1. The quantitative estimate of drug-likeness (QED) is 0.823. The Kier molecular flexibility index (Phi) is 5.23. The molecule has 1 fully saturated rings. The van der Waals surface area contributed by atoms with E-state index in [1.54, 1.807) is 12.1 Å². The summed E-state index contributed by atoms with van der Waals surface area (Å²) in [7, 11) is -3.43. The fourth-order valence-electron chi connectivity index (χ4n) is 2.22. The number of benzene rings is 1. The van der Waals surface area contributed by atoms with Gasteiger partial charge in [0, 0.05) is 18.8 Å². The van der Waals surface area contributed by atoms with Gasteiger partial charge in [0.15, 0.2) is 0 Å². The van der Waals surface area contributed by atoms with Gasteiger partial charge in [-0.05, 0) is 37.5 Å². The minimum atomic E-state index is -3.43. The Morgan fingerprint density at radius 1 is 1.38 bits per heavy atom. The van der Waals surface area contributed by atoms with Crippen molar-refractivity contribution in [3.8, 4) is 11.8 Å². The van der Waals surface area contributed by atoms with Gasteiger partial charge in [0.1, 0.15) is 0 Å². The minimum Gasteiger partial charge on any atom is -0.381 e. The lowest BCUT2D eigenvalue weighted by Crippen LogP contribution is -2.33. The number of nitrogens with two attached hydrogens (primary N) is 1. The molecule has 2 rings (SSSR count). The fourth-order valence-corrected chi connectivity index (χ4v) is 3.68. The standard InChI is InChI=1S/C15H20N2O3S/c1-12-4-5-13(3-2-8-16)15(11-12)17-21(18,19)14-6-9-20-10-7-14/h4-5,11,14,17H,6-10,16H2,1H3. The van der Waals surface area contributed by atoms with Crippen LogP contribution in [0, 0.1) is 18.8 Å². The summed E-state index contributed by atoms with van der Waals surface area (Å²) >= 11 is 0. The molecule has 0 unspecified atom stereocenters. The van der Waals surface area contributed by atoms with Crippen LogP contribution in [0.3, 0.4) is 0 Å². The molecule has 0 amide bonds. The van der Waals surface area contributed by atoms with Gasteiger partial charge in [-0.15, -0.1) is 0 Å². The predicted octanol–water partition coefficient (Wildman–Crippen LogP) is 1.23. The van der Waals surface area contributed by atoms with E-state index < -0.39 is 15.3 Å². The van der Waals surface area contributed by atoms with Gasteiger partial charge in [0.05, 0.1) is 17.5 Å². The van der Waals surface area contributed by atoms with Crippen LogP contribution in [-0.4, -0.2) is 33.4 Å². The molecule has 1 aromatic rings. The third-order valence-electron chi connectivity index (χ3n) is 3.36. The predicted molar refractivity (Wildman–Crippen MR) is 83.5 cm³/mol. The second-order valence-electron chi connectivity index (χ2n) is 5.01. The molecule has 0 spiro atoms.